The fourth-order valence-electron chi connectivity index (χ4n) is 2.53. The summed E-state index contributed by atoms with van der Waals surface area (Å²) in [6.07, 6.45) is 0.211. The molecule has 0 heterocycles. The second-order valence-corrected chi connectivity index (χ2v) is 7.44. The van der Waals surface area contributed by atoms with Crippen molar-refractivity contribution in [1.82, 2.24) is 0 Å². The number of carbonyl (C=O) groups excluding carboxylic acids is 2. The summed E-state index contributed by atoms with van der Waals surface area (Å²) in [6, 6.07) is 13.0. The molecule has 0 aliphatic heterocycles. The molecule has 27 heavy (non-hydrogen) atoms. The molecule has 0 spiro atoms. The predicted molar refractivity (Wildman–Crippen MR) is 106 cm³/mol. The zero-order chi connectivity index (χ0) is 20.0. The number of benzene rings is 2. The molecule has 2 aromatic carbocycles. The zero-order valence-electron chi connectivity index (χ0n) is 16.6. The molecule has 2 rings (SSSR count). The molecular weight excluding hydrogens is 342 g/mol. The Morgan fingerprint density at radius 1 is 1.04 bits per heavy atom. The number of amides is 1. The standard InChI is InChI=1S/C22H27NO4/c1-15-6-7-16(21(25)26-5)14-19(15)23-20(24)12-13-27-18-10-8-17(9-11-18)22(2,3)4/h6-11,14H,12-13H2,1-5H3,(H,23,24). The van der Waals surface area contributed by atoms with Gasteiger partial charge < -0.3 is 14.8 Å². The third kappa shape index (κ3) is 5.84. The minimum absolute atomic E-state index is 0.0923. The average Bonchev–Trinajstić information content (AvgIpc) is 2.62. The Hall–Kier alpha value is -2.82. The van der Waals surface area contributed by atoms with E-state index in [4.69, 9.17) is 9.47 Å². The predicted octanol–water partition coefficient (Wildman–Crippen LogP) is 4.49. The third-order valence-electron chi connectivity index (χ3n) is 4.25. The molecule has 0 atom stereocenters. The van der Waals surface area contributed by atoms with E-state index >= 15 is 0 Å². The highest BCUT2D eigenvalue weighted by Gasteiger charge is 2.13. The lowest BCUT2D eigenvalue weighted by atomic mass is 9.87. The smallest absolute Gasteiger partial charge is 0.337 e. The molecule has 144 valence electrons. The van der Waals surface area contributed by atoms with Gasteiger partial charge in [-0.3, -0.25) is 4.79 Å². The van der Waals surface area contributed by atoms with E-state index in [9.17, 15) is 9.59 Å². The number of hydrogen-bond acceptors (Lipinski definition) is 4. The van der Waals surface area contributed by atoms with Crippen LogP contribution in [-0.4, -0.2) is 25.6 Å². The van der Waals surface area contributed by atoms with Crippen molar-refractivity contribution in [2.75, 3.05) is 19.0 Å². The van der Waals surface area contributed by atoms with Gasteiger partial charge in [-0.05, 0) is 47.7 Å². The minimum Gasteiger partial charge on any atom is -0.493 e. The van der Waals surface area contributed by atoms with Crippen LogP contribution >= 0.6 is 0 Å². The van der Waals surface area contributed by atoms with Gasteiger partial charge >= 0.3 is 5.97 Å². The molecular formula is C22H27NO4. The fraction of sp³-hybridized carbons (Fsp3) is 0.364. The van der Waals surface area contributed by atoms with Gasteiger partial charge in [0.1, 0.15) is 5.75 Å². The third-order valence-corrected chi connectivity index (χ3v) is 4.25. The van der Waals surface area contributed by atoms with Crippen LogP contribution in [-0.2, 0) is 14.9 Å². The van der Waals surface area contributed by atoms with Crippen molar-refractivity contribution in [3.8, 4) is 5.75 Å². The summed E-state index contributed by atoms with van der Waals surface area (Å²) in [6.45, 7) is 8.61. The molecule has 0 saturated carbocycles. The molecule has 0 fully saturated rings. The van der Waals surface area contributed by atoms with Gasteiger partial charge in [0.15, 0.2) is 0 Å². The second kappa shape index (κ2) is 8.71. The Bertz CT molecular complexity index is 804. The Morgan fingerprint density at radius 3 is 2.30 bits per heavy atom. The van der Waals surface area contributed by atoms with Gasteiger partial charge in [-0.25, -0.2) is 4.79 Å². The van der Waals surface area contributed by atoms with E-state index in [0.717, 1.165) is 11.3 Å². The molecule has 5 heteroatoms. The van der Waals surface area contributed by atoms with Crippen LogP contribution < -0.4 is 10.1 Å². The monoisotopic (exact) mass is 369 g/mol. The molecule has 0 saturated heterocycles. The van der Waals surface area contributed by atoms with E-state index in [0.29, 0.717) is 11.3 Å². The largest absolute Gasteiger partial charge is 0.493 e. The SMILES string of the molecule is COC(=O)c1ccc(C)c(NC(=O)CCOc2ccc(C(C)(C)C)cc2)c1. The van der Waals surface area contributed by atoms with Crippen LogP contribution in [0.1, 0.15) is 48.7 Å². The van der Waals surface area contributed by atoms with Crippen molar-refractivity contribution < 1.29 is 19.1 Å². The van der Waals surface area contributed by atoms with Crippen LogP contribution in [0.25, 0.3) is 0 Å². The minimum atomic E-state index is -0.437. The lowest BCUT2D eigenvalue weighted by Crippen LogP contribution is -2.16. The summed E-state index contributed by atoms with van der Waals surface area (Å²) in [5.41, 5.74) is 3.18. The first kappa shape index (κ1) is 20.5. The van der Waals surface area contributed by atoms with Crippen molar-refractivity contribution in [1.29, 1.82) is 0 Å². The van der Waals surface area contributed by atoms with Crippen LogP contribution in [0.3, 0.4) is 0 Å². The average molecular weight is 369 g/mol. The summed E-state index contributed by atoms with van der Waals surface area (Å²) in [7, 11) is 1.33. The lowest BCUT2D eigenvalue weighted by Gasteiger charge is -2.19. The molecule has 2 aromatic rings. The number of carbonyl (C=O) groups is 2. The van der Waals surface area contributed by atoms with E-state index in [-0.39, 0.29) is 24.3 Å². The number of hydrogen-bond donors (Lipinski definition) is 1. The van der Waals surface area contributed by atoms with Gasteiger partial charge in [0, 0.05) is 5.69 Å². The number of rotatable bonds is 6. The summed E-state index contributed by atoms with van der Waals surface area (Å²) in [4.78, 5) is 23.8. The van der Waals surface area contributed by atoms with Crippen LogP contribution in [0.4, 0.5) is 5.69 Å². The molecule has 1 amide bonds. The highest BCUT2D eigenvalue weighted by atomic mass is 16.5. The van der Waals surface area contributed by atoms with E-state index in [1.54, 1.807) is 18.2 Å². The first-order chi connectivity index (χ1) is 12.7. The maximum absolute atomic E-state index is 12.2. The highest BCUT2D eigenvalue weighted by molar-refractivity contribution is 5.95. The second-order valence-electron chi connectivity index (χ2n) is 7.44. The van der Waals surface area contributed by atoms with Crippen LogP contribution in [0.15, 0.2) is 42.5 Å². The normalized spacial score (nSPS) is 11.0. The van der Waals surface area contributed by atoms with Crippen molar-refractivity contribution in [2.45, 2.75) is 39.5 Å². The summed E-state index contributed by atoms with van der Waals surface area (Å²) in [5.74, 6) is 0.124. The lowest BCUT2D eigenvalue weighted by molar-refractivity contribution is -0.116. The van der Waals surface area contributed by atoms with E-state index in [1.807, 2.05) is 31.2 Å². The van der Waals surface area contributed by atoms with Gasteiger partial charge in [0.25, 0.3) is 0 Å². The van der Waals surface area contributed by atoms with Crippen molar-refractivity contribution in [2.24, 2.45) is 0 Å². The molecule has 0 aromatic heterocycles. The Morgan fingerprint density at radius 2 is 1.70 bits per heavy atom. The van der Waals surface area contributed by atoms with Crippen LogP contribution in [0, 0.1) is 6.92 Å². The quantitative estimate of drug-likeness (QED) is 0.762. The first-order valence-corrected chi connectivity index (χ1v) is 8.93. The molecule has 1 N–H and O–H groups in total. The van der Waals surface area contributed by atoms with Crippen LogP contribution in [0.5, 0.6) is 5.75 Å². The summed E-state index contributed by atoms with van der Waals surface area (Å²) >= 11 is 0. The Kier molecular flexibility index (Phi) is 6.61. The first-order valence-electron chi connectivity index (χ1n) is 8.93. The molecule has 0 radical (unpaired) electrons. The van der Waals surface area contributed by atoms with Crippen molar-refractivity contribution in [3.63, 3.8) is 0 Å². The molecule has 0 bridgehead atoms. The number of methoxy groups -OCH3 is 1. The van der Waals surface area contributed by atoms with Gasteiger partial charge in [-0.1, -0.05) is 39.0 Å². The number of nitrogens with one attached hydrogen (secondary N) is 1. The van der Waals surface area contributed by atoms with Gasteiger partial charge in [-0.15, -0.1) is 0 Å². The molecule has 0 unspecified atom stereocenters. The highest BCUT2D eigenvalue weighted by Crippen LogP contribution is 2.24. The fourth-order valence-corrected chi connectivity index (χ4v) is 2.53. The summed E-state index contributed by atoms with van der Waals surface area (Å²) < 4.78 is 10.4. The Balaban J connectivity index is 1.89. The zero-order valence-corrected chi connectivity index (χ0v) is 16.6. The van der Waals surface area contributed by atoms with Crippen molar-refractivity contribution in [3.05, 3.63) is 59.2 Å². The van der Waals surface area contributed by atoms with Crippen LogP contribution in [0.2, 0.25) is 0 Å². The number of anilines is 1. The van der Waals surface area contributed by atoms with Gasteiger partial charge in [0.2, 0.25) is 5.91 Å². The van der Waals surface area contributed by atoms with Gasteiger partial charge in [0.05, 0.1) is 25.7 Å². The maximum Gasteiger partial charge on any atom is 0.337 e. The molecule has 0 aliphatic carbocycles. The molecule has 0 aliphatic rings. The number of ether oxygens (including phenoxy) is 2. The van der Waals surface area contributed by atoms with E-state index in [1.165, 1.54) is 12.7 Å². The van der Waals surface area contributed by atoms with Crippen molar-refractivity contribution >= 4 is 17.6 Å². The topological polar surface area (TPSA) is 64.6 Å². The van der Waals surface area contributed by atoms with E-state index in [2.05, 4.69) is 26.1 Å². The van der Waals surface area contributed by atoms with Gasteiger partial charge in [-0.2, -0.15) is 0 Å². The Labute approximate surface area is 160 Å². The number of aryl methyl sites for hydroxylation is 1. The maximum atomic E-state index is 12.2. The number of esters is 1. The summed E-state index contributed by atoms with van der Waals surface area (Å²) in [5, 5.41) is 2.82. The van der Waals surface area contributed by atoms with E-state index < -0.39 is 5.97 Å². The molecule has 5 nitrogen and oxygen atoms in total.